The second-order valence-corrected chi connectivity index (χ2v) is 4.49. The maximum absolute atomic E-state index is 5.67. The highest BCUT2D eigenvalue weighted by Gasteiger charge is 2.09. The van der Waals surface area contributed by atoms with Gasteiger partial charge in [0.2, 0.25) is 0 Å². The Hall–Kier alpha value is -1.20. The lowest BCUT2D eigenvalue weighted by Crippen LogP contribution is -1.99. The Bertz CT molecular complexity index is 519. The summed E-state index contributed by atoms with van der Waals surface area (Å²) < 4.78 is 2.99. The summed E-state index contributed by atoms with van der Waals surface area (Å²) in [6.07, 6.45) is 0. The van der Waals surface area contributed by atoms with Crippen LogP contribution in [-0.4, -0.2) is 14.8 Å². The highest BCUT2D eigenvalue weighted by atomic mass is 79.9. The molecule has 1 aromatic heterocycles. The van der Waals surface area contributed by atoms with Gasteiger partial charge in [0.25, 0.3) is 0 Å². The number of aromatic nitrogens is 3. The number of aryl methyl sites for hydroxylation is 1. The zero-order valence-electron chi connectivity index (χ0n) is 9.24. The summed E-state index contributed by atoms with van der Waals surface area (Å²) in [5.74, 6) is 1.76. The van der Waals surface area contributed by atoms with E-state index in [1.807, 2.05) is 36.7 Å². The van der Waals surface area contributed by atoms with Gasteiger partial charge >= 0.3 is 0 Å². The van der Waals surface area contributed by atoms with Crippen molar-refractivity contribution in [2.45, 2.75) is 13.5 Å². The fourth-order valence-electron chi connectivity index (χ4n) is 1.53. The molecule has 1 aromatic carbocycles. The molecule has 0 aliphatic heterocycles. The highest BCUT2D eigenvalue weighted by Crippen LogP contribution is 2.24. The topological polar surface area (TPSA) is 56.7 Å². The zero-order chi connectivity index (χ0) is 11.7. The molecule has 0 amide bonds. The lowest BCUT2D eigenvalue weighted by molar-refractivity contribution is 0.864. The molecule has 0 fully saturated rings. The van der Waals surface area contributed by atoms with Crippen LogP contribution in [0.2, 0.25) is 0 Å². The molecule has 1 heterocycles. The van der Waals surface area contributed by atoms with E-state index in [-0.39, 0.29) is 0 Å². The van der Waals surface area contributed by atoms with E-state index in [0.29, 0.717) is 6.54 Å². The van der Waals surface area contributed by atoms with Crippen LogP contribution in [0, 0.1) is 6.92 Å². The van der Waals surface area contributed by atoms with E-state index >= 15 is 0 Å². The average molecular weight is 281 g/mol. The summed E-state index contributed by atoms with van der Waals surface area (Å²) in [4.78, 5) is 0. The first-order valence-electron chi connectivity index (χ1n) is 4.98. The van der Waals surface area contributed by atoms with E-state index in [2.05, 4.69) is 26.1 Å². The Labute approximate surface area is 103 Å². The zero-order valence-corrected chi connectivity index (χ0v) is 10.8. The third-order valence-electron chi connectivity index (χ3n) is 2.62. The molecule has 16 heavy (non-hydrogen) atoms. The van der Waals surface area contributed by atoms with Gasteiger partial charge in [-0.05, 0) is 24.6 Å². The van der Waals surface area contributed by atoms with Gasteiger partial charge < -0.3 is 10.3 Å². The summed E-state index contributed by atoms with van der Waals surface area (Å²) in [7, 11) is 1.95. The Balaban J connectivity index is 2.52. The molecule has 0 atom stereocenters. The Morgan fingerprint density at radius 2 is 2.12 bits per heavy atom. The van der Waals surface area contributed by atoms with Gasteiger partial charge in [-0.2, -0.15) is 0 Å². The van der Waals surface area contributed by atoms with Crippen LogP contribution in [0.4, 0.5) is 0 Å². The molecule has 0 spiro atoms. The number of rotatable bonds is 2. The van der Waals surface area contributed by atoms with Crippen LogP contribution in [0.1, 0.15) is 11.4 Å². The number of benzene rings is 1. The van der Waals surface area contributed by atoms with Crippen molar-refractivity contribution in [3.05, 3.63) is 34.1 Å². The summed E-state index contributed by atoms with van der Waals surface area (Å²) in [6, 6.07) is 6.03. The predicted molar refractivity (Wildman–Crippen MR) is 66.8 cm³/mol. The lowest BCUT2D eigenvalue weighted by Gasteiger charge is -2.05. The van der Waals surface area contributed by atoms with Crippen molar-refractivity contribution in [3.63, 3.8) is 0 Å². The molecule has 0 aliphatic rings. The molecule has 2 N–H and O–H groups in total. The number of nitrogens with zero attached hydrogens (tertiary/aromatic N) is 3. The van der Waals surface area contributed by atoms with Crippen molar-refractivity contribution >= 4 is 15.9 Å². The van der Waals surface area contributed by atoms with Gasteiger partial charge in [-0.25, -0.2) is 0 Å². The maximum Gasteiger partial charge on any atom is 0.163 e. The van der Waals surface area contributed by atoms with E-state index in [0.717, 1.165) is 27.2 Å². The van der Waals surface area contributed by atoms with Gasteiger partial charge in [0.15, 0.2) is 5.82 Å². The minimum absolute atomic E-state index is 0.505. The normalized spacial score (nSPS) is 10.8. The molecular weight excluding hydrogens is 268 g/mol. The molecule has 0 saturated heterocycles. The quantitative estimate of drug-likeness (QED) is 0.916. The van der Waals surface area contributed by atoms with Crippen LogP contribution < -0.4 is 5.73 Å². The van der Waals surface area contributed by atoms with Gasteiger partial charge in [-0.1, -0.05) is 22.0 Å². The van der Waals surface area contributed by atoms with Crippen molar-refractivity contribution in [3.8, 4) is 11.4 Å². The minimum atomic E-state index is 0.505. The van der Waals surface area contributed by atoms with E-state index in [1.54, 1.807) is 0 Å². The molecular formula is C11H13BrN4. The summed E-state index contributed by atoms with van der Waals surface area (Å²) in [6.45, 7) is 2.43. The fourth-order valence-corrected chi connectivity index (χ4v) is 1.94. The molecule has 0 bridgehead atoms. The smallest absolute Gasteiger partial charge is 0.163 e. The van der Waals surface area contributed by atoms with E-state index < -0.39 is 0 Å². The lowest BCUT2D eigenvalue weighted by atomic mass is 10.1. The SMILES string of the molecule is Cc1nnc(-c2ccc(Br)c(CN)c2)n1C. The van der Waals surface area contributed by atoms with Crippen LogP contribution in [-0.2, 0) is 13.6 Å². The minimum Gasteiger partial charge on any atom is -0.326 e. The van der Waals surface area contributed by atoms with Crippen molar-refractivity contribution < 1.29 is 0 Å². The number of nitrogens with two attached hydrogens (primary N) is 1. The number of hydrogen-bond acceptors (Lipinski definition) is 3. The van der Waals surface area contributed by atoms with Crippen LogP contribution in [0.15, 0.2) is 22.7 Å². The van der Waals surface area contributed by atoms with Gasteiger partial charge in [0.05, 0.1) is 0 Å². The number of halogens is 1. The highest BCUT2D eigenvalue weighted by molar-refractivity contribution is 9.10. The second-order valence-electron chi connectivity index (χ2n) is 3.64. The average Bonchev–Trinajstić information content (AvgIpc) is 2.61. The van der Waals surface area contributed by atoms with Gasteiger partial charge in [-0.15, -0.1) is 10.2 Å². The van der Waals surface area contributed by atoms with Crippen LogP contribution in [0.25, 0.3) is 11.4 Å². The fraction of sp³-hybridized carbons (Fsp3) is 0.273. The molecule has 0 radical (unpaired) electrons. The van der Waals surface area contributed by atoms with Gasteiger partial charge in [-0.3, -0.25) is 0 Å². The molecule has 0 saturated carbocycles. The van der Waals surface area contributed by atoms with Crippen molar-refractivity contribution in [2.75, 3.05) is 0 Å². The molecule has 0 unspecified atom stereocenters. The summed E-state index contributed by atoms with van der Waals surface area (Å²) in [5, 5.41) is 8.19. The first-order chi connectivity index (χ1) is 7.63. The van der Waals surface area contributed by atoms with Crippen molar-refractivity contribution in [2.24, 2.45) is 12.8 Å². The third kappa shape index (κ3) is 1.88. The van der Waals surface area contributed by atoms with Gasteiger partial charge in [0, 0.05) is 23.6 Å². The van der Waals surface area contributed by atoms with Crippen molar-refractivity contribution in [1.29, 1.82) is 0 Å². The molecule has 2 rings (SSSR count). The number of hydrogen-bond donors (Lipinski definition) is 1. The van der Waals surface area contributed by atoms with Crippen molar-refractivity contribution in [1.82, 2.24) is 14.8 Å². The monoisotopic (exact) mass is 280 g/mol. The maximum atomic E-state index is 5.67. The van der Waals surface area contributed by atoms with Crippen LogP contribution >= 0.6 is 15.9 Å². The Kier molecular flexibility index (Phi) is 3.07. The van der Waals surface area contributed by atoms with E-state index in [1.165, 1.54) is 0 Å². The molecule has 5 heteroatoms. The second kappa shape index (κ2) is 4.35. The molecule has 4 nitrogen and oxygen atoms in total. The van der Waals surface area contributed by atoms with Gasteiger partial charge in [0.1, 0.15) is 5.82 Å². The molecule has 0 aliphatic carbocycles. The first-order valence-corrected chi connectivity index (χ1v) is 5.77. The largest absolute Gasteiger partial charge is 0.326 e. The standard InChI is InChI=1S/C11H13BrN4/c1-7-14-15-11(16(7)2)8-3-4-10(12)9(5-8)6-13/h3-5H,6,13H2,1-2H3. The van der Waals surface area contributed by atoms with Crippen LogP contribution in [0.5, 0.6) is 0 Å². The molecule has 2 aromatic rings. The Morgan fingerprint density at radius 1 is 1.38 bits per heavy atom. The van der Waals surface area contributed by atoms with Crippen LogP contribution in [0.3, 0.4) is 0 Å². The third-order valence-corrected chi connectivity index (χ3v) is 3.39. The van der Waals surface area contributed by atoms with E-state index in [9.17, 15) is 0 Å². The first kappa shape index (κ1) is 11.3. The van der Waals surface area contributed by atoms with E-state index in [4.69, 9.17) is 5.73 Å². The summed E-state index contributed by atoms with van der Waals surface area (Å²) in [5.41, 5.74) is 7.77. The molecule has 84 valence electrons. The summed E-state index contributed by atoms with van der Waals surface area (Å²) >= 11 is 3.46. The predicted octanol–water partition coefficient (Wildman–Crippen LogP) is 2.01. The Morgan fingerprint density at radius 3 is 2.69 bits per heavy atom.